The van der Waals surface area contributed by atoms with E-state index in [2.05, 4.69) is 54.5 Å². The lowest BCUT2D eigenvalue weighted by Crippen LogP contribution is -2.66. The second kappa shape index (κ2) is 7.94. The molecule has 0 radical (unpaired) electrons. The first-order valence-corrected chi connectivity index (χ1v) is 15.7. The summed E-state index contributed by atoms with van der Waals surface area (Å²) in [5.41, 5.74) is 1.65. The Kier molecular flexibility index (Phi) is 5.68. The van der Waals surface area contributed by atoms with Gasteiger partial charge in [-0.15, -0.1) is 0 Å². The fourth-order valence-electron chi connectivity index (χ4n) is 11.4. The second-order valence-electron chi connectivity index (χ2n) is 15.7. The molecule has 5 fully saturated rings. The van der Waals surface area contributed by atoms with Gasteiger partial charge in [-0.05, 0) is 103 Å². The summed E-state index contributed by atoms with van der Waals surface area (Å²) in [4.78, 5) is 13.4. The Labute approximate surface area is 226 Å². The predicted molar refractivity (Wildman–Crippen MR) is 144 cm³/mol. The van der Waals surface area contributed by atoms with E-state index in [9.17, 15) is 9.00 Å². The lowest BCUT2D eigenvalue weighted by molar-refractivity contribution is -0.212. The molecule has 5 nitrogen and oxygen atoms in total. The van der Waals surface area contributed by atoms with Crippen LogP contribution in [-0.2, 0) is 29.3 Å². The Morgan fingerprint density at radius 1 is 0.946 bits per heavy atom. The fourth-order valence-corrected chi connectivity index (χ4v) is 12.3. The average Bonchev–Trinajstić information content (AvgIpc) is 3.19. The first-order chi connectivity index (χ1) is 17.1. The number of esters is 1. The summed E-state index contributed by atoms with van der Waals surface area (Å²) in [6, 6.07) is 0. The predicted octanol–water partition coefficient (Wildman–Crippen LogP) is 6.93. The van der Waals surface area contributed by atoms with E-state index < -0.39 is 11.4 Å². The van der Waals surface area contributed by atoms with Crippen LogP contribution in [0.15, 0.2) is 11.6 Å². The fraction of sp³-hybridized carbons (Fsp3) is 0.903. The van der Waals surface area contributed by atoms with E-state index in [0.29, 0.717) is 11.8 Å². The molecule has 5 aliphatic carbocycles. The third-order valence-electron chi connectivity index (χ3n) is 13.5. The van der Waals surface area contributed by atoms with Gasteiger partial charge in [0, 0.05) is 0 Å². The zero-order chi connectivity index (χ0) is 26.8. The van der Waals surface area contributed by atoms with Crippen LogP contribution in [0.2, 0.25) is 0 Å². The molecule has 37 heavy (non-hydrogen) atoms. The molecule has 6 aliphatic rings. The van der Waals surface area contributed by atoms with Gasteiger partial charge in [0.25, 0.3) is 0 Å². The van der Waals surface area contributed by atoms with E-state index in [0.717, 1.165) is 51.4 Å². The third kappa shape index (κ3) is 3.27. The van der Waals surface area contributed by atoms with Crippen molar-refractivity contribution in [2.24, 2.45) is 50.2 Å². The highest BCUT2D eigenvalue weighted by molar-refractivity contribution is 7.75. The number of carbonyl (C=O) groups is 1. The molecule has 10 atom stereocenters. The van der Waals surface area contributed by atoms with Crippen molar-refractivity contribution in [3.8, 4) is 0 Å². The van der Waals surface area contributed by atoms with Gasteiger partial charge in [-0.3, -0.25) is 13.2 Å². The van der Waals surface area contributed by atoms with Gasteiger partial charge in [0.05, 0.1) is 12.5 Å². The standard InChI is InChI=1S/C31H48O5S/c1-26(2)13-15-31(25(32)34-8)16-14-29(6)19(20(31)17-26)9-10-23-28(5)18-21-24(36-37(33)35-21)27(3,4)22(28)11-12-30(23,29)7/h9,20-24H,10-18H2,1-8H3/t20-,21+,22-,23+,24-,28-,29+,30+,31-,37?/m0/s1. The quantitative estimate of drug-likeness (QED) is 0.271. The Morgan fingerprint density at radius 2 is 1.65 bits per heavy atom. The lowest BCUT2D eigenvalue weighted by Gasteiger charge is -2.71. The van der Waals surface area contributed by atoms with Crippen LogP contribution in [0.5, 0.6) is 0 Å². The minimum atomic E-state index is -1.63. The van der Waals surface area contributed by atoms with Crippen molar-refractivity contribution < 1.29 is 22.1 Å². The molecular weight excluding hydrogens is 484 g/mol. The SMILES string of the molecule is COC(=O)[C@]12CCC(C)(C)C[C@H]1C1=CC[C@@H]3[C@@]4(C)C[C@H]5OS(=O)O[C@@H]5C(C)(C)[C@@H]4CC[C@@]3(C)[C@]1(C)CC2. The second-order valence-corrected chi connectivity index (χ2v) is 16.5. The molecule has 0 N–H and O–H groups in total. The molecule has 6 heteroatoms. The van der Waals surface area contributed by atoms with Gasteiger partial charge in [-0.2, -0.15) is 4.21 Å². The number of hydrogen-bond donors (Lipinski definition) is 0. The van der Waals surface area contributed by atoms with E-state index in [1.165, 1.54) is 6.42 Å². The first-order valence-electron chi connectivity index (χ1n) is 14.7. The van der Waals surface area contributed by atoms with Crippen LogP contribution < -0.4 is 0 Å². The van der Waals surface area contributed by atoms with Crippen LogP contribution in [0.4, 0.5) is 0 Å². The van der Waals surface area contributed by atoms with Crippen LogP contribution in [-0.4, -0.2) is 29.5 Å². The van der Waals surface area contributed by atoms with Crippen LogP contribution in [0.3, 0.4) is 0 Å². The van der Waals surface area contributed by atoms with Gasteiger partial charge in [-0.1, -0.05) is 60.1 Å². The Hall–Kier alpha value is -0.720. The minimum absolute atomic E-state index is 0.0188. The summed E-state index contributed by atoms with van der Waals surface area (Å²) in [6.45, 7) is 17.0. The highest BCUT2D eigenvalue weighted by Gasteiger charge is 2.71. The molecule has 1 unspecified atom stereocenters. The Morgan fingerprint density at radius 3 is 2.35 bits per heavy atom. The summed E-state index contributed by atoms with van der Waals surface area (Å²) in [6.07, 6.45) is 11.8. The molecule has 0 aromatic carbocycles. The number of ether oxygens (including phenoxy) is 1. The molecular formula is C31H48O5S. The van der Waals surface area contributed by atoms with E-state index in [1.54, 1.807) is 12.7 Å². The van der Waals surface area contributed by atoms with E-state index >= 15 is 0 Å². The summed E-state index contributed by atoms with van der Waals surface area (Å²) < 4.78 is 29.6. The highest BCUT2D eigenvalue weighted by atomic mass is 32.2. The van der Waals surface area contributed by atoms with Gasteiger partial charge in [-0.25, -0.2) is 0 Å². The van der Waals surface area contributed by atoms with Gasteiger partial charge >= 0.3 is 17.3 Å². The van der Waals surface area contributed by atoms with Crippen molar-refractivity contribution in [2.45, 2.75) is 118 Å². The largest absolute Gasteiger partial charge is 0.469 e. The van der Waals surface area contributed by atoms with E-state index in [1.807, 2.05) is 0 Å². The van der Waals surface area contributed by atoms with Gasteiger partial charge < -0.3 is 4.74 Å². The maximum Gasteiger partial charge on any atom is 0.312 e. The zero-order valence-corrected chi connectivity index (χ0v) is 25.1. The lowest BCUT2D eigenvalue weighted by atomic mass is 9.33. The maximum atomic E-state index is 13.4. The number of rotatable bonds is 1. The third-order valence-corrected chi connectivity index (χ3v) is 14.3. The smallest absolute Gasteiger partial charge is 0.312 e. The van der Waals surface area contributed by atoms with Crippen molar-refractivity contribution in [3.05, 3.63) is 11.6 Å². The van der Waals surface area contributed by atoms with Gasteiger partial charge in [0.15, 0.2) is 0 Å². The van der Waals surface area contributed by atoms with Crippen molar-refractivity contribution in [1.29, 1.82) is 0 Å². The summed E-state index contributed by atoms with van der Waals surface area (Å²) in [5.74, 6) is 1.31. The molecule has 1 saturated heterocycles. The molecule has 1 aliphatic heterocycles. The van der Waals surface area contributed by atoms with Crippen molar-refractivity contribution in [3.63, 3.8) is 0 Å². The van der Waals surface area contributed by atoms with Crippen LogP contribution in [0, 0.1) is 50.2 Å². The number of carbonyl (C=O) groups excluding carboxylic acids is 1. The molecule has 0 aromatic heterocycles. The molecule has 0 amide bonds. The molecule has 208 valence electrons. The zero-order valence-electron chi connectivity index (χ0n) is 24.3. The normalized spacial score (nSPS) is 53.5. The average molecular weight is 533 g/mol. The molecule has 6 rings (SSSR count). The topological polar surface area (TPSA) is 61.8 Å². The molecule has 4 saturated carbocycles. The molecule has 1 heterocycles. The first kappa shape index (κ1) is 26.5. The van der Waals surface area contributed by atoms with Gasteiger partial charge in [0.1, 0.15) is 12.2 Å². The van der Waals surface area contributed by atoms with Crippen LogP contribution in [0.1, 0.15) is 106 Å². The number of methoxy groups -OCH3 is 1. The number of hydrogen-bond acceptors (Lipinski definition) is 5. The molecule has 0 aromatic rings. The van der Waals surface area contributed by atoms with Crippen molar-refractivity contribution in [1.82, 2.24) is 0 Å². The van der Waals surface area contributed by atoms with Gasteiger partial charge in [0.2, 0.25) is 0 Å². The van der Waals surface area contributed by atoms with Crippen molar-refractivity contribution >= 4 is 17.3 Å². The van der Waals surface area contributed by atoms with Crippen LogP contribution >= 0.6 is 0 Å². The molecule has 0 bridgehead atoms. The van der Waals surface area contributed by atoms with E-state index in [4.69, 9.17) is 13.1 Å². The molecule has 0 spiro atoms. The Bertz CT molecular complexity index is 1060. The minimum Gasteiger partial charge on any atom is -0.469 e. The Balaban J connectivity index is 1.43. The van der Waals surface area contributed by atoms with E-state index in [-0.39, 0.29) is 56.6 Å². The maximum absolute atomic E-state index is 13.4. The van der Waals surface area contributed by atoms with Crippen molar-refractivity contribution in [2.75, 3.05) is 7.11 Å². The summed E-state index contributed by atoms with van der Waals surface area (Å²) in [5, 5.41) is 0. The number of fused-ring (bicyclic) bond motifs is 8. The highest BCUT2D eigenvalue weighted by Crippen LogP contribution is 2.76. The monoisotopic (exact) mass is 532 g/mol. The van der Waals surface area contributed by atoms with Crippen LogP contribution in [0.25, 0.3) is 0 Å². The summed E-state index contributed by atoms with van der Waals surface area (Å²) >= 11 is -1.63. The number of allylic oxidation sites excluding steroid dienone is 2. The summed E-state index contributed by atoms with van der Waals surface area (Å²) in [7, 11) is 1.58.